The van der Waals surface area contributed by atoms with E-state index in [4.69, 9.17) is 9.73 Å². The maximum atomic E-state index is 12.8. The largest absolute Gasteiger partial charge is 0.444 e. The predicted octanol–water partition coefficient (Wildman–Crippen LogP) is 3.21. The van der Waals surface area contributed by atoms with Crippen LogP contribution in [0.3, 0.4) is 0 Å². The van der Waals surface area contributed by atoms with E-state index in [1.807, 2.05) is 41.8 Å². The van der Waals surface area contributed by atoms with Crippen molar-refractivity contribution in [1.82, 2.24) is 20.4 Å². The molecule has 1 unspecified atom stereocenters. The Hall–Kier alpha value is -1.26. The number of amides is 2. The molecule has 0 spiro atoms. The molecule has 0 aromatic carbocycles. The van der Waals surface area contributed by atoms with Crippen LogP contribution >= 0.6 is 24.0 Å². The summed E-state index contributed by atoms with van der Waals surface area (Å²) in [7, 11) is 3.64. The van der Waals surface area contributed by atoms with Gasteiger partial charge in [0, 0.05) is 39.8 Å². The second-order valence-electron chi connectivity index (χ2n) is 9.79. The van der Waals surface area contributed by atoms with Crippen LogP contribution in [0.4, 0.5) is 4.79 Å². The molecular formula is C22H42IN5O3. The first-order chi connectivity index (χ1) is 14.1. The lowest BCUT2D eigenvalue weighted by atomic mass is 9.85. The normalized spacial score (nSPS) is 21.2. The van der Waals surface area contributed by atoms with Crippen molar-refractivity contribution >= 4 is 41.9 Å². The van der Waals surface area contributed by atoms with E-state index in [-0.39, 0.29) is 47.4 Å². The summed E-state index contributed by atoms with van der Waals surface area (Å²) in [5.41, 5.74) is -0.886. The minimum atomic E-state index is -0.498. The van der Waals surface area contributed by atoms with Crippen molar-refractivity contribution < 1.29 is 14.3 Å². The van der Waals surface area contributed by atoms with Crippen molar-refractivity contribution in [3.05, 3.63) is 0 Å². The minimum absolute atomic E-state index is 0. The zero-order chi connectivity index (χ0) is 22.4. The summed E-state index contributed by atoms with van der Waals surface area (Å²) in [5, 5.41) is 6.78. The molecule has 9 heteroatoms. The molecule has 2 N–H and O–H groups in total. The quantitative estimate of drug-likeness (QED) is 0.312. The lowest BCUT2D eigenvalue weighted by Gasteiger charge is -2.35. The molecule has 1 saturated carbocycles. The molecule has 2 aliphatic rings. The summed E-state index contributed by atoms with van der Waals surface area (Å²) >= 11 is 0. The number of piperidine rings is 1. The first-order valence-electron chi connectivity index (χ1n) is 11.3. The summed E-state index contributed by atoms with van der Waals surface area (Å²) in [6.07, 6.45) is 5.55. The van der Waals surface area contributed by atoms with Crippen molar-refractivity contribution in [2.45, 2.75) is 77.9 Å². The van der Waals surface area contributed by atoms with Crippen LogP contribution in [-0.2, 0) is 9.53 Å². The van der Waals surface area contributed by atoms with E-state index in [0.29, 0.717) is 25.6 Å². The Bertz CT molecular complexity index is 627. The smallest absolute Gasteiger partial charge is 0.410 e. The average Bonchev–Trinajstić information content (AvgIpc) is 3.14. The molecule has 8 nitrogen and oxygen atoms in total. The molecular weight excluding hydrogens is 509 g/mol. The second-order valence-corrected chi connectivity index (χ2v) is 9.79. The summed E-state index contributed by atoms with van der Waals surface area (Å²) in [6, 6.07) is 0.105. The van der Waals surface area contributed by atoms with E-state index in [0.717, 1.165) is 45.1 Å². The molecule has 1 aliphatic carbocycles. The summed E-state index contributed by atoms with van der Waals surface area (Å²) in [6.45, 7) is 10.2. The monoisotopic (exact) mass is 551 g/mol. The van der Waals surface area contributed by atoms with Crippen LogP contribution in [0.2, 0.25) is 0 Å². The molecule has 1 aliphatic heterocycles. The lowest BCUT2D eigenvalue weighted by Crippen LogP contribution is -2.53. The van der Waals surface area contributed by atoms with Crippen LogP contribution in [0.5, 0.6) is 0 Å². The van der Waals surface area contributed by atoms with E-state index in [9.17, 15) is 9.59 Å². The Labute approximate surface area is 204 Å². The number of carbonyl (C=O) groups is 2. The Morgan fingerprint density at radius 1 is 1.19 bits per heavy atom. The van der Waals surface area contributed by atoms with Crippen LogP contribution in [0, 0.1) is 5.41 Å². The fourth-order valence-corrected chi connectivity index (χ4v) is 4.30. The number of aliphatic imine (C=N–C) groups is 1. The molecule has 2 amide bonds. The van der Waals surface area contributed by atoms with Crippen molar-refractivity contribution in [2.24, 2.45) is 10.4 Å². The molecule has 0 bridgehead atoms. The van der Waals surface area contributed by atoms with Gasteiger partial charge in [0.05, 0.1) is 12.0 Å². The molecule has 0 aromatic rings. The van der Waals surface area contributed by atoms with Gasteiger partial charge in [-0.2, -0.15) is 0 Å². The summed E-state index contributed by atoms with van der Waals surface area (Å²) < 4.78 is 5.53. The molecule has 1 heterocycles. The van der Waals surface area contributed by atoms with Crippen LogP contribution in [0.25, 0.3) is 0 Å². The first kappa shape index (κ1) is 27.8. The van der Waals surface area contributed by atoms with Crippen molar-refractivity contribution in [3.63, 3.8) is 0 Å². The number of halogens is 1. The molecule has 0 aromatic heterocycles. The Morgan fingerprint density at radius 2 is 1.84 bits per heavy atom. The minimum Gasteiger partial charge on any atom is -0.444 e. The number of rotatable bonds is 5. The highest BCUT2D eigenvalue weighted by Gasteiger charge is 2.42. The Kier molecular flexibility index (Phi) is 10.8. The van der Waals surface area contributed by atoms with Gasteiger partial charge in [0.15, 0.2) is 5.96 Å². The predicted molar refractivity (Wildman–Crippen MR) is 135 cm³/mol. The van der Waals surface area contributed by atoms with E-state index in [1.165, 1.54) is 0 Å². The number of carbonyl (C=O) groups excluding carboxylic acids is 2. The number of likely N-dealkylation sites (tertiary alicyclic amines) is 1. The Balaban J connectivity index is 0.00000480. The van der Waals surface area contributed by atoms with Crippen LogP contribution < -0.4 is 10.6 Å². The van der Waals surface area contributed by atoms with E-state index in [1.54, 1.807) is 9.80 Å². The fourth-order valence-electron chi connectivity index (χ4n) is 4.30. The highest BCUT2D eigenvalue weighted by Crippen LogP contribution is 2.39. The number of ether oxygens (including phenoxy) is 1. The number of nitrogens with zero attached hydrogens (tertiary/aromatic N) is 3. The van der Waals surface area contributed by atoms with Gasteiger partial charge >= 0.3 is 6.09 Å². The zero-order valence-corrected chi connectivity index (χ0v) is 22.5. The van der Waals surface area contributed by atoms with Gasteiger partial charge in [0.2, 0.25) is 5.91 Å². The third-order valence-electron chi connectivity index (χ3n) is 5.72. The number of hydrogen-bond donors (Lipinski definition) is 2. The maximum Gasteiger partial charge on any atom is 0.410 e. The second kappa shape index (κ2) is 12.1. The highest BCUT2D eigenvalue weighted by atomic mass is 127. The maximum absolute atomic E-state index is 12.8. The van der Waals surface area contributed by atoms with Gasteiger partial charge in [-0.3, -0.25) is 9.79 Å². The molecule has 1 atom stereocenters. The number of guanidine groups is 1. The van der Waals surface area contributed by atoms with Crippen LogP contribution in [0.15, 0.2) is 4.99 Å². The number of nitrogens with one attached hydrogen (secondary N) is 2. The summed E-state index contributed by atoms with van der Waals surface area (Å²) in [5.74, 6) is 0.889. The van der Waals surface area contributed by atoms with E-state index < -0.39 is 5.60 Å². The van der Waals surface area contributed by atoms with Gasteiger partial charge in [-0.1, -0.05) is 12.8 Å². The van der Waals surface area contributed by atoms with Gasteiger partial charge in [-0.05, 0) is 53.4 Å². The highest BCUT2D eigenvalue weighted by molar-refractivity contribution is 14.0. The Morgan fingerprint density at radius 3 is 2.39 bits per heavy atom. The van der Waals surface area contributed by atoms with Crippen molar-refractivity contribution in [1.29, 1.82) is 0 Å². The molecule has 2 rings (SSSR count). The van der Waals surface area contributed by atoms with Gasteiger partial charge < -0.3 is 25.2 Å². The molecule has 1 saturated heterocycles. The fraction of sp³-hybridized carbons (Fsp3) is 0.864. The van der Waals surface area contributed by atoms with Crippen LogP contribution in [-0.4, -0.2) is 79.7 Å². The van der Waals surface area contributed by atoms with Crippen molar-refractivity contribution in [2.75, 3.05) is 40.3 Å². The topological polar surface area (TPSA) is 86.3 Å². The third-order valence-corrected chi connectivity index (χ3v) is 5.72. The molecule has 2 fully saturated rings. The first-order valence-corrected chi connectivity index (χ1v) is 11.3. The average molecular weight is 552 g/mol. The third kappa shape index (κ3) is 8.31. The van der Waals surface area contributed by atoms with Gasteiger partial charge in [-0.15, -0.1) is 24.0 Å². The van der Waals surface area contributed by atoms with Gasteiger partial charge in [0.25, 0.3) is 0 Å². The standard InChI is InChI=1S/C22H41N5O3.HI/c1-7-23-19(24-16-22(12-8-9-13-22)18(28)26(5)6)25-17-11-10-14-27(15-17)20(29)30-21(2,3)4;/h17H,7-16H2,1-6H3,(H2,23,24,25);1H. The zero-order valence-electron chi connectivity index (χ0n) is 20.1. The number of hydrogen-bond acceptors (Lipinski definition) is 4. The molecule has 0 radical (unpaired) electrons. The van der Waals surface area contributed by atoms with E-state index in [2.05, 4.69) is 10.6 Å². The molecule has 31 heavy (non-hydrogen) atoms. The van der Waals surface area contributed by atoms with E-state index >= 15 is 0 Å². The lowest BCUT2D eigenvalue weighted by molar-refractivity contribution is -0.138. The SMILES string of the molecule is CCNC(=NCC1(C(=O)N(C)C)CCCC1)NC1CCCN(C(=O)OC(C)(C)C)C1.I. The van der Waals surface area contributed by atoms with Crippen LogP contribution in [0.1, 0.15) is 66.2 Å². The van der Waals surface area contributed by atoms with Crippen molar-refractivity contribution in [3.8, 4) is 0 Å². The van der Waals surface area contributed by atoms with Gasteiger partial charge in [0.1, 0.15) is 5.60 Å². The summed E-state index contributed by atoms with van der Waals surface area (Å²) in [4.78, 5) is 33.5. The molecule has 180 valence electrons. The van der Waals surface area contributed by atoms with Gasteiger partial charge in [-0.25, -0.2) is 4.79 Å².